The molecule has 1 aliphatic heterocycles. The maximum Gasteiger partial charge on any atom is 0.244 e. The first-order valence-electron chi connectivity index (χ1n) is 9.26. The van der Waals surface area contributed by atoms with Crippen molar-refractivity contribution in [2.75, 3.05) is 12.3 Å². The monoisotopic (exact) mass is 361 g/mol. The van der Waals surface area contributed by atoms with E-state index in [9.17, 15) is 4.79 Å². The summed E-state index contributed by atoms with van der Waals surface area (Å²) in [4.78, 5) is 19.9. The van der Waals surface area contributed by atoms with Gasteiger partial charge >= 0.3 is 0 Å². The minimum absolute atomic E-state index is 0.127. The quantitative estimate of drug-likeness (QED) is 0.684. The standard InChI is InChI=1S/C21H23N5O/c1-14-17(18-6-2-4-16-5-3-11-26(14)20(16)18)9-10-23-19(27)8-7-15-12-24-21(22)25-13-15/h2,4,6-8,12-13H,3,5,9-11H2,1H3,(H,23,27)(H2,22,24,25)/b8-7+. The summed E-state index contributed by atoms with van der Waals surface area (Å²) < 4.78 is 2.44. The normalized spacial score (nSPS) is 13.4. The van der Waals surface area contributed by atoms with Crippen molar-refractivity contribution >= 4 is 28.8 Å². The highest BCUT2D eigenvalue weighted by atomic mass is 16.1. The van der Waals surface area contributed by atoms with Gasteiger partial charge < -0.3 is 15.6 Å². The van der Waals surface area contributed by atoms with Crippen LogP contribution >= 0.6 is 0 Å². The van der Waals surface area contributed by atoms with Gasteiger partial charge in [0.15, 0.2) is 0 Å². The molecule has 2 aromatic heterocycles. The molecule has 4 rings (SSSR count). The van der Waals surface area contributed by atoms with Crippen LogP contribution in [0.3, 0.4) is 0 Å². The molecule has 6 heteroatoms. The molecule has 0 atom stereocenters. The lowest BCUT2D eigenvalue weighted by Gasteiger charge is -2.16. The molecule has 0 spiro atoms. The maximum absolute atomic E-state index is 12.1. The third-order valence-electron chi connectivity index (χ3n) is 5.18. The average Bonchev–Trinajstić information content (AvgIpc) is 2.96. The van der Waals surface area contributed by atoms with Gasteiger partial charge in [0, 0.05) is 48.2 Å². The van der Waals surface area contributed by atoms with E-state index in [1.807, 2.05) is 0 Å². The van der Waals surface area contributed by atoms with E-state index in [1.165, 1.54) is 40.2 Å². The summed E-state index contributed by atoms with van der Waals surface area (Å²) >= 11 is 0. The van der Waals surface area contributed by atoms with E-state index in [-0.39, 0.29) is 11.9 Å². The Labute approximate surface area is 158 Å². The molecule has 1 aromatic carbocycles. The first kappa shape index (κ1) is 17.3. The highest BCUT2D eigenvalue weighted by Crippen LogP contribution is 2.32. The van der Waals surface area contributed by atoms with Gasteiger partial charge in [-0.25, -0.2) is 9.97 Å². The number of carbonyl (C=O) groups is 1. The van der Waals surface area contributed by atoms with Gasteiger partial charge in [-0.3, -0.25) is 4.79 Å². The second-order valence-electron chi connectivity index (χ2n) is 6.88. The predicted molar refractivity (Wildman–Crippen MR) is 107 cm³/mol. The van der Waals surface area contributed by atoms with Crippen LogP contribution in [0.15, 0.2) is 36.7 Å². The van der Waals surface area contributed by atoms with Gasteiger partial charge in [-0.1, -0.05) is 18.2 Å². The van der Waals surface area contributed by atoms with Crippen LogP contribution in [0.4, 0.5) is 5.95 Å². The average molecular weight is 361 g/mol. The number of benzene rings is 1. The molecular weight excluding hydrogens is 338 g/mol. The minimum atomic E-state index is -0.127. The van der Waals surface area contributed by atoms with Crippen molar-refractivity contribution in [1.82, 2.24) is 19.9 Å². The summed E-state index contributed by atoms with van der Waals surface area (Å²) in [6.45, 7) is 3.87. The highest BCUT2D eigenvalue weighted by Gasteiger charge is 2.19. The van der Waals surface area contributed by atoms with Gasteiger partial charge in [0.2, 0.25) is 11.9 Å². The number of para-hydroxylation sites is 1. The summed E-state index contributed by atoms with van der Waals surface area (Å²) in [5, 5.41) is 4.29. The van der Waals surface area contributed by atoms with Crippen LogP contribution in [0, 0.1) is 6.92 Å². The van der Waals surface area contributed by atoms with Crippen LogP contribution in [-0.4, -0.2) is 27.0 Å². The first-order chi connectivity index (χ1) is 13.1. The van der Waals surface area contributed by atoms with E-state index in [0.29, 0.717) is 6.54 Å². The molecule has 27 heavy (non-hydrogen) atoms. The number of aryl methyl sites for hydroxylation is 2. The van der Waals surface area contributed by atoms with Crippen molar-refractivity contribution in [3.63, 3.8) is 0 Å². The van der Waals surface area contributed by atoms with E-state index in [4.69, 9.17) is 5.73 Å². The zero-order chi connectivity index (χ0) is 18.8. The molecule has 0 fully saturated rings. The molecule has 1 aliphatic rings. The lowest BCUT2D eigenvalue weighted by molar-refractivity contribution is -0.116. The zero-order valence-electron chi connectivity index (χ0n) is 15.4. The number of aromatic nitrogens is 3. The van der Waals surface area contributed by atoms with Gasteiger partial charge in [-0.2, -0.15) is 0 Å². The summed E-state index contributed by atoms with van der Waals surface area (Å²) in [5.74, 6) is 0.0940. The van der Waals surface area contributed by atoms with Crippen LogP contribution in [-0.2, 0) is 24.2 Å². The second-order valence-corrected chi connectivity index (χ2v) is 6.88. The topological polar surface area (TPSA) is 85.8 Å². The Bertz CT molecular complexity index is 1020. The van der Waals surface area contributed by atoms with E-state index in [0.717, 1.165) is 24.9 Å². The number of nitrogens with zero attached hydrogens (tertiary/aromatic N) is 3. The van der Waals surface area contributed by atoms with E-state index < -0.39 is 0 Å². The highest BCUT2D eigenvalue weighted by molar-refractivity contribution is 5.92. The van der Waals surface area contributed by atoms with Crippen molar-refractivity contribution in [3.05, 3.63) is 59.1 Å². The molecule has 0 bridgehead atoms. The molecule has 0 saturated heterocycles. The Kier molecular flexibility index (Phi) is 4.62. The van der Waals surface area contributed by atoms with Gasteiger partial charge in [0.1, 0.15) is 0 Å². The third-order valence-corrected chi connectivity index (χ3v) is 5.18. The smallest absolute Gasteiger partial charge is 0.244 e. The molecule has 0 saturated carbocycles. The number of carbonyl (C=O) groups excluding carboxylic acids is 1. The Morgan fingerprint density at radius 3 is 2.96 bits per heavy atom. The molecule has 6 nitrogen and oxygen atoms in total. The summed E-state index contributed by atoms with van der Waals surface area (Å²) in [6.07, 6.45) is 9.52. The number of nitrogens with one attached hydrogen (secondary N) is 1. The molecule has 1 amide bonds. The molecule has 138 valence electrons. The maximum atomic E-state index is 12.1. The third kappa shape index (κ3) is 3.43. The summed E-state index contributed by atoms with van der Waals surface area (Å²) in [5.41, 5.74) is 11.7. The fraction of sp³-hybridized carbons (Fsp3) is 0.286. The molecule has 0 unspecified atom stereocenters. The SMILES string of the molecule is Cc1c(CCNC(=O)/C=C/c2cnc(N)nc2)c2cccc3c2n1CCC3. The molecule has 0 aliphatic carbocycles. The minimum Gasteiger partial charge on any atom is -0.368 e. The number of nitrogen functional groups attached to an aromatic ring is 1. The number of hydrogen-bond acceptors (Lipinski definition) is 4. The first-order valence-corrected chi connectivity index (χ1v) is 9.26. The number of nitrogens with two attached hydrogens (primary N) is 1. The van der Waals surface area contributed by atoms with Crippen LogP contribution in [0.1, 0.15) is 28.8 Å². The van der Waals surface area contributed by atoms with Crippen molar-refractivity contribution in [2.24, 2.45) is 0 Å². The lowest BCUT2D eigenvalue weighted by atomic mass is 10.0. The summed E-state index contributed by atoms with van der Waals surface area (Å²) in [7, 11) is 0. The van der Waals surface area contributed by atoms with E-state index in [1.54, 1.807) is 18.5 Å². The van der Waals surface area contributed by atoms with Crippen LogP contribution in [0.5, 0.6) is 0 Å². The van der Waals surface area contributed by atoms with Crippen molar-refractivity contribution in [1.29, 1.82) is 0 Å². The van der Waals surface area contributed by atoms with Gasteiger partial charge in [-0.15, -0.1) is 0 Å². The van der Waals surface area contributed by atoms with Gasteiger partial charge in [0.25, 0.3) is 0 Å². The van der Waals surface area contributed by atoms with Gasteiger partial charge in [0.05, 0.1) is 5.52 Å². The lowest BCUT2D eigenvalue weighted by Crippen LogP contribution is -2.23. The van der Waals surface area contributed by atoms with Crippen molar-refractivity contribution < 1.29 is 4.79 Å². The van der Waals surface area contributed by atoms with Crippen LogP contribution < -0.4 is 11.1 Å². The van der Waals surface area contributed by atoms with Crippen LogP contribution in [0.25, 0.3) is 17.0 Å². The van der Waals surface area contributed by atoms with E-state index in [2.05, 4.69) is 45.0 Å². The Morgan fingerprint density at radius 2 is 2.15 bits per heavy atom. The number of amides is 1. The van der Waals surface area contributed by atoms with Crippen molar-refractivity contribution in [2.45, 2.75) is 32.7 Å². The fourth-order valence-electron chi connectivity index (χ4n) is 3.88. The molecule has 3 heterocycles. The summed E-state index contributed by atoms with van der Waals surface area (Å²) in [6, 6.07) is 6.58. The Balaban J connectivity index is 1.42. The molecular formula is C21H23N5O. The Morgan fingerprint density at radius 1 is 1.33 bits per heavy atom. The largest absolute Gasteiger partial charge is 0.368 e. The van der Waals surface area contributed by atoms with Crippen LogP contribution in [0.2, 0.25) is 0 Å². The zero-order valence-corrected chi connectivity index (χ0v) is 15.4. The molecule has 0 radical (unpaired) electrons. The number of hydrogen-bond donors (Lipinski definition) is 2. The number of anilines is 1. The van der Waals surface area contributed by atoms with E-state index >= 15 is 0 Å². The molecule has 3 N–H and O–H groups in total. The van der Waals surface area contributed by atoms with Crippen molar-refractivity contribution in [3.8, 4) is 0 Å². The Hall–Kier alpha value is -3.15. The second kappa shape index (κ2) is 7.23. The fourth-order valence-corrected chi connectivity index (χ4v) is 3.88. The van der Waals surface area contributed by atoms with Gasteiger partial charge in [-0.05, 0) is 43.4 Å². The number of rotatable bonds is 5. The molecule has 3 aromatic rings. The predicted octanol–water partition coefficient (Wildman–Crippen LogP) is 2.64.